The van der Waals surface area contributed by atoms with E-state index in [9.17, 15) is 33.6 Å². The Morgan fingerprint density at radius 1 is 0.522 bits per heavy atom. The fraction of sp³-hybridized carbons (Fsp3) is 0.723. The number of alkyl carbamates (subject to hydrolysis) is 2. The highest BCUT2D eigenvalue weighted by atomic mass is 16.7. The zero-order chi connectivity index (χ0) is 51.0. The van der Waals surface area contributed by atoms with Gasteiger partial charge in [-0.15, -0.1) is 0 Å². The molecule has 0 aliphatic rings. The van der Waals surface area contributed by atoms with E-state index in [2.05, 4.69) is 16.0 Å². The summed E-state index contributed by atoms with van der Waals surface area (Å²) >= 11 is 0. The van der Waals surface area contributed by atoms with Crippen molar-refractivity contribution in [1.29, 1.82) is 0 Å². The summed E-state index contributed by atoms with van der Waals surface area (Å²) in [5.41, 5.74) is -1.30. The van der Waals surface area contributed by atoms with Gasteiger partial charge in [-0.25, -0.2) is 28.8 Å². The number of carbonyl (C=O) groups excluding carboxylic acids is 7. The maximum absolute atomic E-state index is 13.4. The van der Waals surface area contributed by atoms with E-state index in [1.807, 2.05) is 0 Å². The van der Waals surface area contributed by atoms with E-state index in [1.165, 1.54) is 28.4 Å². The van der Waals surface area contributed by atoms with E-state index in [0.717, 1.165) is 44.9 Å². The molecule has 0 spiro atoms. The Balaban J connectivity index is 3.24. The number of amides is 3. The minimum absolute atomic E-state index is 0.0216. The Morgan fingerprint density at radius 3 is 1.46 bits per heavy atom. The van der Waals surface area contributed by atoms with Crippen LogP contribution in [0.2, 0.25) is 0 Å². The first kappa shape index (κ1) is 59.3. The molecule has 20 heteroatoms. The third-order valence-electron chi connectivity index (χ3n) is 9.36. The van der Waals surface area contributed by atoms with E-state index in [4.69, 9.17) is 47.4 Å². The average Bonchev–Trinajstić information content (AvgIpc) is 3.21. The standard InChI is InChI=1S/C47H77N3O17/c1-30-31(24-21-19-17-15-16-18-20-22-29-62-44(57)67-47(8,9)10)36(64-41(54)48-28-27-33(40(53)61-14)50-43(56)66-46(5,6)7)38(59-12)37(58-11)35(30)63-34(51)26-23-25-32(39(52)60-13)49-42(55)65-45(2,3)4/h32-33H,15-29H2,1-14H3,(H,48,54)(H,49,55)(H,50,56)/t32-,33-/m0/s1. The van der Waals surface area contributed by atoms with Crippen LogP contribution in [0.4, 0.5) is 19.2 Å². The molecule has 3 N–H and O–H groups in total. The zero-order valence-electron chi connectivity index (χ0n) is 42.2. The summed E-state index contributed by atoms with van der Waals surface area (Å²) < 4.78 is 53.7. The first-order valence-electron chi connectivity index (χ1n) is 22.7. The Bertz CT molecular complexity index is 1780. The predicted molar refractivity (Wildman–Crippen MR) is 246 cm³/mol. The van der Waals surface area contributed by atoms with Crippen molar-refractivity contribution in [3.05, 3.63) is 11.1 Å². The molecule has 0 fully saturated rings. The molecule has 0 bridgehead atoms. The molecule has 1 aromatic carbocycles. The molecule has 0 saturated heterocycles. The largest absolute Gasteiger partial charge is 0.508 e. The van der Waals surface area contributed by atoms with Gasteiger partial charge in [-0.1, -0.05) is 38.5 Å². The molecule has 382 valence electrons. The lowest BCUT2D eigenvalue weighted by Crippen LogP contribution is -2.45. The van der Waals surface area contributed by atoms with Crippen molar-refractivity contribution in [3.8, 4) is 23.0 Å². The molecule has 1 rings (SSSR count). The van der Waals surface area contributed by atoms with E-state index < -0.39 is 71.2 Å². The molecule has 0 aliphatic carbocycles. The first-order valence-corrected chi connectivity index (χ1v) is 22.7. The van der Waals surface area contributed by atoms with Crippen molar-refractivity contribution in [1.82, 2.24) is 16.0 Å². The second-order valence-electron chi connectivity index (χ2n) is 18.6. The van der Waals surface area contributed by atoms with Crippen molar-refractivity contribution in [3.63, 3.8) is 0 Å². The maximum Gasteiger partial charge on any atom is 0.508 e. The van der Waals surface area contributed by atoms with E-state index in [0.29, 0.717) is 30.6 Å². The molecule has 0 heterocycles. The minimum atomic E-state index is -1.15. The number of unbranched alkanes of at least 4 members (excludes halogenated alkanes) is 7. The number of benzene rings is 1. The van der Waals surface area contributed by atoms with Gasteiger partial charge < -0.3 is 63.3 Å². The van der Waals surface area contributed by atoms with E-state index in [-0.39, 0.29) is 55.2 Å². The van der Waals surface area contributed by atoms with Crippen LogP contribution in [0.1, 0.15) is 150 Å². The second-order valence-corrected chi connectivity index (χ2v) is 18.6. The first-order chi connectivity index (χ1) is 31.2. The number of hydrogen-bond donors (Lipinski definition) is 3. The Morgan fingerprint density at radius 2 is 0.985 bits per heavy atom. The van der Waals surface area contributed by atoms with Gasteiger partial charge in [-0.3, -0.25) is 4.79 Å². The monoisotopic (exact) mass is 956 g/mol. The van der Waals surface area contributed by atoms with Gasteiger partial charge in [0.05, 0.1) is 35.0 Å². The highest BCUT2D eigenvalue weighted by Gasteiger charge is 2.31. The SMILES string of the molecule is COC(=O)[C@H](CCCC(=O)Oc1c(C)c(CCCCCCCCCCOC(=O)OC(C)(C)C)c(OC(=O)NCC[C@H](NC(=O)OC(C)(C)C)C(=O)OC)c(OC)c1OC)NC(=O)OC(C)(C)C. The average molecular weight is 956 g/mol. The summed E-state index contributed by atoms with van der Waals surface area (Å²) in [7, 11) is 5.02. The zero-order valence-corrected chi connectivity index (χ0v) is 42.2. The van der Waals surface area contributed by atoms with Crippen molar-refractivity contribution in [2.45, 2.75) is 182 Å². The summed E-state index contributed by atoms with van der Waals surface area (Å²) in [6.45, 7) is 17.3. The lowest BCUT2D eigenvalue weighted by Gasteiger charge is -2.23. The summed E-state index contributed by atoms with van der Waals surface area (Å²) in [5.74, 6) is -2.14. The topological polar surface area (TPSA) is 248 Å². The van der Waals surface area contributed by atoms with Gasteiger partial charge in [0, 0.05) is 24.1 Å². The molecule has 3 amide bonds. The molecule has 2 atom stereocenters. The smallest absolute Gasteiger partial charge is 0.490 e. The molecule has 1 aromatic rings. The highest BCUT2D eigenvalue weighted by molar-refractivity contribution is 5.83. The van der Waals surface area contributed by atoms with Crippen LogP contribution in [0.3, 0.4) is 0 Å². The molecule has 0 aromatic heterocycles. The fourth-order valence-corrected chi connectivity index (χ4v) is 6.37. The Kier molecular flexibility index (Phi) is 25.8. The number of hydrogen-bond acceptors (Lipinski definition) is 17. The quantitative estimate of drug-likeness (QED) is 0.0342. The highest BCUT2D eigenvalue weighted by Crippen LogP contribution is 2.50. The van der Waals surface area contributed by atoms with E-state index >= 15 is 0 Å². The van der Waals surface area contributed by atoms with Crippen LogP contribution in [0.15, 0.2) is 0 Å². The summed E-state index contributed by atoms with van der Waals surface area (Å²) in [5, 5.41) is 7.53. The summed E-state index contributed by atoms with van der Waals surface area (Å²) in [6.07, 6.45) is 3.97. The Hall–Kier alpha value is -5.69. The second kappa shape index (κ2) is 29.2. The number of carbonyl (C=O) groups is 7. The number of ether oxygens (including phenoxy) is 10. The van der Waals surface area contributed by atoms with Gasteiger partial charge in [0.15, 0.2) is 11.5 Å². The van der Waals surface area contributed by atoms with Crippen molar-refractivity contribution in [2.24, 2.45) is 0 Å². The number of rotatable bonds is 26. The van der Waals surface area contributed by atoms with Gasteiger partial charge in [0.2, 0.25) is 11.5 Å². The fourth-order valence-electron chi connectivity index (χ4n) is 6.37. The van der Waals surface area contributed by atoms with Crippen LogP contribution in [-0.2, 0) is 49.2 Å². The molecular formula is C47H77N3O17. The number of nitrogens with one attached hydrogen (secondary N) is 3. The Labute approximate surface area is 395 Å². The number of esters is 3. The van der Waals surface area contributed by atoms with Crippen LogP contribution in [0, 0.1) is 6.92 Å². The summed E-state index contributed by atoms with van der Waals surface area (Å²) in [6, 6.07) is -2.23. The van der Waals surface area contributed by atoms with Crippen LogP contribution in [0.25, 0.3) is 0 Å². The lowest BCUT2D eigenvalue weighted by atomic mass is 9.97. The molecule has 0 saturated carbocycles. The minimum Gasteiger partial charge on any atom is -0.490 e. The van der Waals surface area contributed by atoms with Crippen LogP contribution in [-0.4, -0.2) is 113 Å². The molecule has 67 heavy (non-hydrogen) atoms. The van der Waals surface area contributed by atoms with Gasteiger partial charge in [0.25, 0.3) is 0 Å². The van der Waals surface area contributed by atoms with Crippen molar-refractivity contribution < 1.29 is 80.9 Å². The number of methoxy groups -OCH3 is 4. The molecule has 20 nitrogen and oxygen atoms in total. The molecule has 0 aliphatic heterocycles. The third-order valence-corrected chi connectivity index (χ3v) is 9.36. The van der Waals surface area contributed by atoms with Crippen molar-refractivity contribution >= 4 is 42.3 Å². The van der Waals surface area contributed by atoms with Crippen LogP contribution < -0.4 is 34.9 Å². The van der Waals surface area contributed by atoms with E-state index in [1.54, 1.807) is 69.2 Å². The van der Waals surface area contributed by atoms with Crippen LogP contribution >= 0.6 is 0 Å². The normalized spacial score (nSPS) is 12.3. The van der Waals surface area contributed by atoms with Crippen molar-refractivity contribution in [2.75, 3.05) is 41.6 Å². The molecule has 0 radical (unpaired) electrons. The van der Waals surface area contributed by atoms with Gasteiger partial charge >= 0.3 is 42.3 Å². The molecule has 0 unspecified atom stereocenters. The lowest BCUT2D eigenvalue weighted by molar-refractivity contribution is -0.144. The van der Waals surface area contributed by atoms with Crippen LogP contribution in [0.5, 0.6) is 23.0 Å². The summed E-state index contributed by atoms with van der Waals surface area (Å²) in [4.78, 5) is 88.3. The van der Waals surface area contributed by atoms with Gasteiger partial charge in [-0.05, 0) is 108 Å². The maximum atomic E-state index is 13.4. The predicted octanol–water partition coefficient (Wildman–Crippen LogP) is 8.31. The third kappa shape index (κ3) is 24.6. The van der Waals surface area contributed by atoms with Gasteiger partial charge in [0.1, 0.15) is 28.9 Å². The van der Waals surface area contributed by atoms with Gasteiger partial charge in [-0.2, -0.15) is 0 Å². The molecular weight excluding hydrogens is 879 g/mol.